The van der Waals surface area contributed by atoms with Crippen molar-refractivity contribution in [3.05, 3.63) is 29.8 Å². The number of aliphatic carboxylic acids is 1. The molecule has 78 valence electrons. The maximum atomic E-state index is 10.4. The predicted octanol–water partition coefficient (Wildman–Crippen LogP) is 1.80. The van der Waals surface area contributed by atoms with Crippen LogP contribution < -0.4 is 4.90 Å². The molecule has 1 rings (SSSR count). The van der Waals surface area contributed by atoms with Crippen LogP contribution >= 0.6 is 12.4 Å². The molecule has 4 heteroatoms. The average Bonchev–Trinajstić information content (AvgIpc) is 2.03. The van der Waals surface area contributed by atoms with E-state index in [-0.39, 0.29) is 18.8 Å². The molecule has 3 nitrogen and oxygen atoms in total. The van der Waals surface area contributed by atoms with Gasteiger partial charge in [0.2, 0.25) is 0 Å². The first kappa shape index (κ1) is 12.8. The largest absolute Gasteiger partial charge is 0.481 e. The average molecular weight is 216 g/mol. The van der Waals surface area contributed by atoms with Gasteiger partial charge in [-0.05, 0) is 17.7 Å². The minimum Gasteiger partial charge on any atom is -0.481 e. The van der Waals surface area contributed by atoms with Crippen molar-refractivity contribution in [2.75, 3.05) is 19.0 Å². The van der Waals surface area contributed by atoms with Crippen molar-refractivity contribution in [1.29, 1.82) is 0 Å². The molecule has 0 aliphatic carbocycles. The molecule has 0 unspecified atom stereocenters. The summed E-state index contributed by atoms with van der Waals surface area (Å²) in [6, 6.07) is 7.52. The zero-order valence-electron chi connectivity index (χ0n) is 8.23. The molecule has 1 aromatic rings. The summed E-state index contributed by atoms with van der Waals surface area (Å²) < 4.78 is 0. The van der Waals surface area contributed by atoms with E-state index in [0.29, 0.717) is 0 Å². The quantitative estimate of drug-likeness (QED) is 0.836. The Bertz CT molecular complexity index is 313. The molecule has 0 aromatic heterocycles. The summed E-state index contributed by atoms with van der Waals surface area (Å²) >= 11 is 0. The Labute approximate surface area is 89.8 Å². The number of anilines is 1. The van der Waals surface area contributed by atoms with E-state index in [9.17, 15) is 4.79 Å². The summed E-state index contributed by atoms with van der Waals surface area (Å²) in [5, 5.41) is 8.58. The van der Waals surface area contributed by atoms with Crippen LogP contribution in [0, 0.1) is 0 Å². The number of carboxylic acid groups (broad SMARTS) is 1. The Balaban J connectivity index is 0.00000169. The second-order valence-electron chi connectivity index (χ2n) is 3.13. The Morgan fingerprint density at radius 2 is 2.07 bits per heavy atom. The van der Waals surface area contributed by atoms with Gasteiger partial charge >= 0.3 is 5.97 Å². The maximum Gasteiger partial charge on any atom is 0.307 e. The number of hydrogen-bond donors (Lipinski definition) is 1. The van der Waals surface area contributed by atoms with E-state index in [0.717, 1.165) is 11.3 Å². The van der Waals surface area contributed by atoms with Gasteiger partial charge in [-0.1, -0.05) is 12.1 Å². The summed E-state index contributed by atoms with van der Waals surface area (Å²) in [4.78, 5) is 12.4. The molecule has 0 amide bonds. The lowest BCUT2D eigenvalue weighted by Crippen LogP contribution is -2.09. The van der Waals surface area contributed by atoms with Crippen molar-refractivity contribution in [2.24, 2.45) is 0 Å². The number of rotatable bonds is 3. The van der Waals surface area contributed by atoms with E-state index in [4.69, 9.17) is 5.11 Å². The van der Waals surface area contributed by atoms with Crippen LogP contribution in [0.15, 0.2) is 24.3 Å². The maximum absolute atomic E-state index is 10.4. The number of halogens is 1. The summed E-state index contributed by atoms with van der Waals surface area (Å²) in [6.07, 6.45) is 0.0850. The van der Waals surface area contributed by atoms with E-state index in [1.54, 1.807) is 0 Å². The first-order valence-electron chi connectivity index (χ1n) is 4.07. The summed E-state index contributed by atoms with van der Waals surface area (Å²) in [5.74, 6) is -0.795. The lowest BCUT2D eigenvalue weighted by molar-refractivity contribution is -0.136. The minimum absolute atomic E-state index is 0. The second kappa shape index (κ2) is 5.50. The highest BCUT2D eigenvalue weighted by atomic mass is 35.5. The molecule has 0 fully saturated rings. The highest BCUT2D eigenvalue weighted by Gasteiger charge is 2.01. The molecule has 1 N–H and O–H groups in total. The summed E-state index contributed by atoms with van der Waals surface area (Å²) in [6.45, 7) is 0. The van der Waals surface area contributed by atoms with Crippen LogP contribution in [0.5, 0.6) is 0 Å². The third-order valence-corrected chi connectivity index (χ3v) is 1.78. The second-order valence-corrected chi connectivity index (χ2v) is 3.13. The molecule has 0 aliphatic heterocycles. The van der Waals surface area contributed by atoms with Crippen molar-refractivity contribution in [3.8, 4) is 0 Å². The molecule has 1 aromatic carbocycles. The fourth-order valence-electron chi connectivity index (χ4n) is 1.12. The summed E-state index contributed by atoms with van der Waals surface area (Å²) in [7, 11) is 3.86. The fraction of sp³-hybridized carbons (Fsp3) is 0.300. The van der Waals surface area contributed by atoms with Gasteiger partial charge in [0.15, 0.2) is 0 Å². The van der Waals surface area contributed by atoms with Crippen LogP contribution in [0.3, 0.4) is 0 Å². The topological polar surface area (TPSA) is 40.5 Å². The van der Waals surface area contributed by atoms with Crippen LogP contribution in [0.25, 0.3) is 0 Å². The van der Waals surface area contributed by atoms with E-state index in [2.05, 4.69) is 0 Å². The number of benzene rings is 1. The van der Waals surface area contributed by atoms with Crippen LogP contribution in [0.2, 0.25) is 0 Å². The monoisotopic (exact) mass is 215 g/mol. The molecule has 0 heterocycles. The number of hydrogen-bond acceptors (Lipinski definition) is 2. The molecule has 0 radical (unpaired) electrons. The van der Waals surface area contributed by atoms with Gasteiger partial charge in [-0.25, -0.2) is 0 Å². The van der Waals surface area contributed by atoms with Crippen molar-refractivity contribution in [1.82, 2.24) is 0 Å². The van der Waals surface area contributed by atoms with Gasteiger partial charge in [0.25, 0.3) is 0 Å². The van der Waals surface area contributed by atoms with Gasteiger partial charge < -0.3 is 10.0 Å². The highest BCUT2D eigenvalue weighted by molar-refractivity contribution is 5.85. The van der Waals surface area contributed by atoms with Crippen molar-refractivity contribution in [3.63, 3.8) is 0 Å². The van der Waals surface area contributed by atoms with E-state index in [1.165, 1.54) is 0 Å². The van der Waals surface area contributed by atoms with Crippen molar-refractivity contribution >= 4 is 24.1 Å². The van der Waals surface area contributed by atoms with Gasteiger partial charge in [0.1, 0.15) is 0 Å². The van der Waals surface area contributed by atoms with Gasteiger partial charge in [-0.15, -0.1) is 12.4 Å². The van der Waals surface area contributed by atoms with Crippen LogP contribution in [-0.4, -0.2) is 25.2 Å². The molecule has 14 heavy (non-hydrogen) atoms. The lowest BCUT2D eigenvalue weighted by atomic mass is 10.1. The van der Waals surface area contributed by atoms with Crippen molar-refractivity contribution < 1.29 is 9.90 Å². The molecule has 0 saturated heterocycles. The van der Waals surface area contributed by atoms with Gasteiger partial charge in [0, 0.05) is 19.8 Å². The predicted molar refractivity (Wildman–Crippen MR) is 59.4 cm³/mol. The lowest BCUT2D eigenvalue weighted by Gasteiger charge is -2.12. The highest BCUT2D eigenvalue weighted by Crippen LogP contribution is 2.13. The SMILES string of the molecule is CN(C)c1cccc(CC(=O)O)c1.Cl. The fourth-order valence-corrected chi connectivity index (χ4v) is 1.12. The number of nitrogens with zero attached hydrogens (tertiary/aromatic N) is 1. The van der Waals surface area contributed by atoms with E-state index < -0.39 is 5.97 Å². The minimum atomic E-state index is -0.795. The van der Waals surface area contributed by atoms with Crippen LogP contribution in [0.1, 0.15) is 5.56 Å². The Morgan fingerprint density at radius 3 is 2.57 bits per heavy atom. The standard InChI is InChI=1S/C10H13NO2.ClH/c1-11(2)9-5-3-4-8(6-9)7-10(12)13;/h3-6H,7H2,1-2H3,(H,12,13);1H. The Morgan fingerprint density at radius 1 is 1.43 bits per heavy atom. The van der Waals surface area contributed by atoms with E-state index in [1.807, 2.05) is 43.3 Å². The van der Waals surface area contributed by atoms with Gasteiger partial charge in [-0.2, -0.15) is 0 Å². The zero-order valence-corrected chi connectivity index (χ0v) is 9.04. The Hall–Kier alpha value is -1.22. The van der Waals surface area contributed by atoms with Gasteiger partial charge in [0.05, 0.1) is 6.42 Å². The summed E-state index contributed by atoms with van der Waals surface area (Å²) in [5.41, 5.74) is 1.86. The van der Waals surface area contributed by atoms with Crippen LogP contribution in [-0.2, 0) is 11.2 Å². The van der Waals surface area contributed by atoms with Gasteiger partial charge in [-0.3, -0.25) is 4.79 Å². The molecular weight excluding hydrogens is 202 g/mol. The molecule has 0 saturated carbocycles. The third kappa shape index (κ3) is 3.66. The first-order chi connectivity index (χ1) is 6.09. The van der Waals surface area contributed by atoms with Crippen LogP contribution in [0.4, 0.5) is 5.69 Å². The smallest absolute Gasteiger partial charge is 0.307 e. The zero-order chi connectivity index (χ0) is 9.84. The first-order valence-corrected chi connectivity index (χ1v) is 4.07. The van der Waals surface area contributed by atoms with Crippen molar-refractivity contribution in [2.45, 2.75) is 6.42 Å². The number of carboxylic acids is 1. The molecule has 0 spiro atoms. The Kier molecular flexibility index (Phi) is 5.02. The normalized spacial score (nSPS) is 9.00. The third-order valence-electron chi connectivity index (χ3n) is 1.78. The molecular formula is C10H14ClNO2. The van der Waals surface area contributed by atoms with E-state index >= 15 is 0 Å². The molecule has 0 atom stereocenters. The molecule has 0 aliphatic rings. The molecule has 0 bridgehead atoms. The number of carbonyl (C=O) groups is 1.